The first-order valence-corrected chi connectivity index (χ1v) is 6.24. The van der Waals surface area contributed by atoms with Crippen LogP contribution in [0.4, 0.5) is 0 Å². The van der Waals surface area contributed by atoms with Crippen molar-refractivity contribution < 1.29 is 19.1 Å². The van der Waals surface area contributed by atoms with Crippen molar-refractivity contribution >= 4 is 5.97 Å². The van der Waals surface area contributed by atoms with Crippen LogP contribution in [0.3, 0.4) is 0 Å². The number of carboxylic acids is 1. The van der Waals surface area contributed by atoms with E-state index < -0.39 is 5.97 Å². The highest BCUT2D eigenvalue weighted by atomic mass is 16.5. The topological polar surface area (TPSA) is 71.7 Å². The van der Waals surface area contributed by atoms with Crippen molar-refractivity contribution in [3.63, 3.8) is 0 Å². The molecule has 2 atom stereocenters. The molecular formula is C13H19NO4. The average Bonchev–Trinajstić information content (AvgIpc) is 2.68. The van der Waals surface area contributed by atoms with Gasteiger partial charge in [-0.15, -0.1) is 0 Å². The van der Waals surface area contributed by atoms with Gasteiger partial charge in [0.05, 0.1) is 12.6 Å². The van der Waals surface area contributed by atoms with Crippen LogP contribution in [0.15, 0.2) is 10.5 Å². The summed E-state index contributed by atoms with van der Waals surface area (Å²) < 4.78 is 10.9. The lowest BCUT2D eigenvalue weighted by atomic mass is 10.0. The van der Waals surface area contributed by atoms with E-state index in [1.54, 1.807) is 13.0 Å². The molecule has 5 heteroatoms. The zero-order valence-electron chi connectivity index (χ0n) is 10.7. The van der Waals surface area contributed by atoms with Gasteiger partial charge in [0.25, 0.3) is 0 Å². The van der Waals surface area contributed by atoms with Gasteiger partial charge in [-0.3, -0.25) is 0 Å². The standard InChI is InChI=1S/C13H19NO4/c1-8-5-10(3-4-17-8)14-7-11-6-12(13(15)16)9(2)18-11/h6,8,10,14H,3-5,7H2,1-2H3,(H,15,16). The lowest BCUT2D eigenvalue weighted by Crippen LogP contribution is -2.37. The number of nitrogens with one attached hydrogen (secondary N) is 1. The number of rotatable bonds is 4. The van der Waals surface area contributed by atoms with E-state index in [4.69, 9.17) is 14.3 Å². The zero-order valence-corrected chi connectivity index (χ0v) is 10.7. The van der Waals surface area contributed by atoms with Crippen molar-refractivity contribution in [1.82, 2.24) is 5.32 Å². The van der Waals surface area contributed by atoms with Crippen molar-refractivity contribution in [2.75, 3.05) is 6.61 Å². The Hall–Kier alpha value is -1.33. The van der Waals surface area contributed by atoms with Gasteiger partial charge in [0.1, 0.15) is 17.1 Å². The molecule has 5 nitrogen and oxygen atoms in total. The van der Waals surface area contributed by atoms with Gasteiger partial charge >= 0.3 is 5.97 Å². The van der Waals surface area contributed by atoms with E-state index in [-0.39, 0.29) is 11.7 Å². The number of furan rings is 1. The number of aryl methyl sites for hydroxylation is 1. The molecule has 0 spiro atoms. The van der Waals surface area contributed by atoms with Gasteiger partial charge in [0, 0.05) is 12.6 Å². The Morgan fingerprint density at radius 1 is 1.61 bits per heavy atom. The third-order valence-corrected chi connectivity index (χ3v) is 3.25. The Kier molecular flexibility index (Phi) is 4.04. The van der Waals surface area contributed by atoms with E-state index in [1.807, 2.05) is 0 Å². The van der Waals surface area contributed by atoms with Gasteiger partial charge in [-0.25, -0.2) is 4.79 Å². The molecule has 1 aliphatic heterocycles. The predicted octanol–water partition coefficient (Wildman–Crippen LogP) is 1.94. The van der Waals surface area contributed by atoms with Crippen molar-refractivity contribution in [3.8, 4) is 0 Å². The Balaban J connectivity index is 1.90. The summed E-state index contributed by atoms with van der Waals surface area (Å²) in [6.45, 7) is 5.07. The van der Waals surface area contributed by atoms with Gasteiger partial charge in [-0.1, -0.05) is 0 Å². The van der Waals surface area contributed by atoms with Gasteiger partial charge in [0.15, 0.2) is 0 Å². The fourth-order valence-corrected chi connectivity index (χ4v) is 2.27. The highest BCUT2D eigenvalue weighted by Crippen LogP contribution is 2.17. The summed E-state index contributed by atoms with van der Waals surface area (Å²) in [5.41, 5.74) is 0.243. The molecule has 100 valence electrons. The van der Waals surface area contributed by atoms with E-state index in [1.165, 1.54) is 0 Å². The minimum absolute atomic E-state index is 0.243. The molecule has 1 fully saturated rings. The van der Waals surface area contributed by atoms with E-state index >= 15 is 0 Å². The molecule has 2 heterocycles. The van der Waals surface area contributed by atoms with E-state index in [2.05, 4.69) is 12.2 Å². The fraction of sp³-hybridized carbons (Fsp3) is 0.615. The van der Waals surface area contributed by atoms with Crippen molar-refractivity contribution in [2.45, 2.75) is 45.4 Å². The van der Waals surface area contributed by atoms with E-state index in [9.17, 15) is 4.79 Å². The second-order valence-corrected chi connectivity index (χ2v) is 4.77. The molecule has 1 saturated heterocycles. The zero-order chi connectivity index (χ0) is 13.1. The third kappa shape index (κ3) is 3.11. The van der Waals surface area contributed by atoms with Gasteiger partial charge in [-0.05, 0) is 32.8 Å². The SMILES string of the molecule is Cc1oc(CNC2CCOC(C)C2)cc1C(=O)O. The lowest BCUT2D eigenvalue weighted by molar-refractivity contribution is 0.0127. The largest absolute Gasteiger partial charge is 0.478 e. The summed E-state index contributed by atoms with van der Waals surface area (Å²) in [5, 5.41) is 12.3. The highest BCUT2D eigenvalue weighted by Gasteiger charge is 2.20. The van der Waals surface area contributed by atoms with Crippen LogP contribution in [0.2, 0.25) is 0 Å². The molecule has 0 saturated carbocycles. The Bertz CT molecular complexity index is 427. The normalized spacial score (nSPS) is 24.1. The van der Waals surface area contributed by atoms with Crippen LogP contribution in [0.1, 0.15) is 41.6 Å². The van der Waals surface area contributed by atoms with E-state index in [0.717, 1.165) is 19.4 Å². The first-order chi connectivity index (χ1) is 8.56. The molecule has 1 aliphatic rings. The Labute approximate surface area is 106 Å². The lowest BCUT2D eigenvalue weighted by Gasteiger charge is -2.27. The number of carboxylic acid groups (broad SMARTS) is 1. The molecule has 2 rings (SSSR count). The second kappa shape index (κ2) is 5.54. The van der Waals surface area contributed by atoms with Gasteiger partial charge < -0.3 is 19.6 Å². The summed E-state index contributed by atoms with van der Waals surface area (Å²) in [4.78, 5) is 10.9. The molecule has 1 aromatic rings. The van der Waals surface area contributed by atoms with Gasteiger partial charge in [0.2, 0.25) is 0 Å². The van der Waals surface area contributed by atoms with Crippen LogP contribution in [-0.4, -0.2) is 29.8 Å². The van der Waals surface area contributed by atoms with Crippen LogP contribution in [0.25, 0.3) is 0 Å². The van der Waals surface area contributed by atoms with Crippen LogP contribution < -0.4 is 5.32 Å². The number of ether oxygens (including phenoxy) is 1. The quantitative estimate of drug-likeness (QED) is 0.858. The van der Waals surface area contributed by atoms with Crippen molar-refractivity contribution in [1.29, 1.82) is 0 Å². The molecular weight excluding hydrogens is 234 g/mol. The number of hydrogen-bond donors (Lipinski definition) is 2. The minimum atomic E-state index is -0.942. The predicted molar refractivity (Wildman–Crippen MR) is 65.7 cm³/mol. The molecule has 0 aliphatic carbocycles. The average molecular weight is 253 g/mol. The summed E-state index contributed by atoms with van der Waals surface area (Å²) >= 11 is 0. The highest BCUT2D eigenvalue weighted by molar-refractivity contribution is 5.88. The van der Waals surface area contributed by atoms with Crippen LogP contribution >= 0.6 is 0 Å². The molecule has 0 bridgehead atoms. The number of carbonyl (C=O) groups is 1. The van der Waals surface area contributed by atoms with Crippen LogP contribution in [0.5, 0.6) is 0 Å². The Morgan fingerprint density at radius 2 is 2.39 bits per heavy atom. The summed E-state index contributed by atoms with van der Waals surface area (Å²) in [6.07, 6.45) is 2.24. The minimum Gasteiger partial charge on any atom is -0.478 e. The maximum Gasteiger partial charge on any atom is 0.339 e. The third-order valence-electron chi connectivity index (χ3n) is 3.25. The second-order valence-electron chi connectivity index (χ2n) is 4.77. The first-order valence-electron chi connectivity index (χ1n) is 6.24. The van der Waals surface area contributed by atoms with Crippen molar-refractivity contribution in [2.24, 2.45) is 0 Å². The van der Waals surface area contributed by atoms with Crippen LogP contribution in [-0.2, 0) is 11.3 Å². The fourth-order valence-electron chi connectivity index (χ4n) is 2.27. The first kappa shape index (κ1) is 13.1. The van der Waals surface area contributed by atoms with Crippen molar-refractivity contribution in [3.05, 3.63) is 23.2 Å². The number of aromatic carboxylic acids is 1. The van der Waals surface area contributed by atoms with E-state index in [0.29, 0.717) is 24.1 Å². The molecule has 0 amide bonds. The summed E-state index contributed by atoms with van der Waals surface area (Å²) in [6, 6.07) is 2.00. The number of hydrogen-bond acceptors (Lipinski definition) is 4. The molecule has 0 radical (unpaired) electrons. The van der Waals surface area contributed by atoms with Crippen LogP contribution in [0, 0.1) is 6.92 Å². The summed E-state index contributed by atoms with van der Waals surface area (Å²) in [5.74, 6) is 0.186. The molecule has 2 N–H and O–H groups in total. The molecule has 2 unspecified atom stereocenters. The smallest absolute Gasteiger partial charge is 0.339 e. The summed E-state index contributed by atoms with van der Waals surface area (Å²) in [7, 11) is 0. The molecule has 1 aromatic heterocycles. The molecule has 0 aromatic carbocycles. The monoisotopic (exact) mass is 253 g/mol. The van der Waals surface area contributed by atoms with Gasteiger partial charge in [-0.2, -0.15) is 0 Å². The maximum atomic E-state index is 10.9. The maximum absolute atomic E-state index is 10.9. The Morgan fingerprint density at radius 3 is 3.00 bits per heavy atom. The molecule has 18 heavy (non-hydrogen) atoms.